The summed E-state index contributed by atoms with van der Waals surface area (Å²) in [7, 11) is 1.58. The number of aromatic nitrogens is 1. The molecule has 4 rings (SSSR count). The van der Waals surface area contributed by atoms with Crippen molar-refractivity contribution >= 4 is 44.4 Å². The maximum atomic E-state index is 13.2. The maximum Gasteiger partial charge on any atom is 0.257 e. The molecule has 0 radical (unpaired) electrons. The van der Waals surface area contributed by atoms with Gasteiger partial charge in [0.05, 0.1) is 23.0 Å². The molecule has 0 atom stereocenters. The van der Waals surface area contributed by atoms with Gasteiger partial charge in [0.25, 0.3) is 5.91 Å². The molecule has 6 heteroatoms. The fourth-order valence-electron chi connectivity index (χ4n) is 2.85. The van der Waals surface area contributed by atoms with E-state index in [0.717, 1.165) is 15.8 Å². The zero-order valence-electron chi connectivity index (χ0n) is 15.6. The van der Waals surface area contributed by atoms with Crippen LogP contribution in [0.1, 0.15) is 5.56 Å². The summed E-state index contributed by atoms with van der Waals surface area (Å²) in [6, 6.07) is 21.0. The molecular formula is C23H17FN2O2S. The Morgan fingerprint density at radius 2 is 1.86 bits per heavy atom. The lowest BCUT2D eigenvalue weighted by Gasteiger charge is -2.19. The van der Waals surface area contributed by atoms with Crippen molar-refractivity contribution in [3.8, 4) is 5.75 Å². The van der Waals surface area contributed by atoms with Gasteiger partial charge in [-0.05, 0) is 48.0 Å². The molecule has 0 aliphatic carbocycles. The average molecular weight is 404 g/mol. The number of anilines is 2. The van der Waals surface area contributed by atoms with Gasteiger partial charge in [-0.25, -0.2) is 9.37 Å². The van der Waals surface area contributed by atoms with Crippen LogP contribution < -0.4 is 9.64 Å². The minimum Gasteiger partial charge on any atom is -0.497 e. The molecule has 0 saturated heterocycles. The first-order valence-corrected chi connectivity index (χ1v) is 9.73. The Morgan fingerprint density at radius 1 is 1.07 bits per heavy atom. The zero-order valence-corrected chi connectivity index (χ0v) is 16.4. The molecule has 0 aliphatic rings. The van der Waals surface area contributed by atoms with E-state index >= 15 is 0 Å². The molecule has 4 aromatic rings. The van der Waals surface area contributed by atoms with Crippen molar-refractivity contribution in [1.29, 1.82) is 0 Å². The second kappa shape index (κ2) is 8.24. The number of ether oxygens (including phenoxy) is 1. The van der Waals surface area contributed by atoms with Crippen molar-refractivity contribution in [3.05, 3.63) is 90.3 Å². The summed E-state index contributed by atoms with van der Waals surface area (Å²) < 4.78 is 19.4. The summed E-state index contributed by atoms with van der Waals surface area (Å²) in [6.45, 7) is 0. The highest BCUT2D eigenvalue weighted by molar-refractivity contribution is 7.22. The number of para-hydroxylation sites is 1. The third-order valence-corrected chi connectivity index (χ3v) is 5.32. The smallest absolute Gasteiger partial charge is 0.257 e. The predicted octanol–water partition coefficient (Wildman–Crippen LogP) is 5.82. The number of thiazole rings is 1. The van der Waals surface area contributed by atoms with Crippen molar-refractivity contribution in [1.82, 2.24) is 4.98 Å². The van der Waals surface area contributed by atoms with Gasteiger partial charge in [0.2, 0.25) is 0 Å². The number of halogens is 1. The molecular weight excluding hydrogens is 387 g/mol. The number of hydrogen-bond acceptors (Lipinski definition) is 4. The standard InChI is InChI=1S/C23H17FN2O2S/c1-28-19-6-4-5-18(15-19)26(23-25-20-7-2-3-8-21(20)29-23)22(27)14-11-16-9-12-17(24)13-10-16/h2-15H,1H3/b14-11+. The molecule has 0 spiro atoms. The van der Waals surface area contributed by atoms with E-state index in [4.69, 9.17) is 4.74 Å². The van der Waals surface area contributed by atoms with Crippen LogP contribution in [0.4, 0.5) is 15.2 Å². The summed E-state index contributed by atoms with van der Waals surface area (Å²) in [5.41, 5.74) is 2.21. The first-order chi connectivity index (χ1) is 14.1. The molecule has 1 amide bonds. The van der Waals surface area contributed by atoms with Gasteiger partial charge in [0.15, 0.2) is 5.13 Å². The van der Waals surface area contributed by atoms with Gasteiger partial charge in [0, 0.05) is 12.1 Å². The Kier molecular flexibility index (Phi) is 5.35. The fraction of sp³-hybridized carbons (Fsp3) is 0.0435. The van der Waals surface area contributed by atoms with Gasteiger partial charge in [-0.15, -0.1) is 0 Å². The van der Waals surface area contributed by atoms with Gasteiger partial charge in [0.1, 0.15) is 11.6 Å². The minimum atomic E-state index is -0.319. The highest BCUT2D eigenvalue weighted by Gasteiger charge is 2.20. The Bertz CT molecular complexity index is 1150. The quantitative estimate of drug-likeness (QED) is 0.394. The second-order valence-corrected chi connectivity index (χ2v) is 7.23. The van der Waals surface area contributed by atoms with E-state index in [1.807, 2.05) is 42.5 Å². The van der Waals surface area contributed by atoms with Crippen LogP contribution in [0.5, 0.6) is 5.75 Å². The molecule has 0 N–H and O–H groups in total. The van der Waals surface area contributed by atoms with Gasteiger partial charge in [-0.2, -0.15) is 0 Å². The second-order valence-electron chi connectivity index (χ2n) is 6.22. The lowest BCUT2D eigenvalue weighted by atomic mass is 10.2. The molecule has 4 nitrogen and oxygen atoms in total. The van der Waals surface area contributed by atoms with E-state index in [-0.39, 0.29) is 11.7 Å². The topological polar surface area (TPSA) is 42.4 Å². The van der Waals surface area contributed by atoms with Crippen LogP contribution in [0.25, 0.3) is 16.3 Å². The van der Waals surface area contributed by atoms with Crippen molar-refractivity contribution < 1.29 is 13.9 Å². The lowest BCUT2D eigenvalue weighted by Crippen LogP contribution is -2.23. The van der Waals surface area contributed by atoms with Gasteiger partial charge < -0.3 is 4.74 Å². The Labute approximate surface area is 171 Å². The van der Waals surface area contributed by atoms with E-state index in [1.165, 1.54) is 29.5 Å². The number of benzene rings is 3. The monoisotopic (exact) mass is 404 g/mol. The van der Waals surface area contributed by atoms with Crippen molar-refractivity contribution in [3.63, 3.8) is 0 Å². The van der Waals surface area contributed by atoms with Crippen LogP contribution in [0.15, 0.2) is 78.9 Å². The van der Waals surface area contributed by atoms with Crippen LogP contribution in [0.2, 0.25) is 0 Å². The van der Waals surface area contributed by atoms with Gasteiger partial charge in [-0.1, -0.05) is 41.7 Å². The van der Waals surface area contributed by atoms with Gasteiger partial charge >= 0.3 is 0 Å². The maximum absolute atomic E-state index is 13.2. The number of carbonyl (C=O) groups excluding carboxylic acids is 1. The summed E-state index contributed by atoms with van der Waals surface area (Å²) in [4.78, 5) is 19.3. The predicted molar refractivity (Wildman–Crippen MR) is 115 cm³/mol. The fourth-order valence-corrected chi connectivity index (χ4v) is 3.85. The van der Waals surface area contributed by atoms with Crippen molar-refractivity contribution in [2.24, 2.45) is 0 Å². The Balaban J connectivity index is 1.74. The summed E-state index contributed by atoms with van der Waals surface area (Å²) in [5.74, 6) is 0.0616. The highest BCUT2D eigenvalue weighted by atomic mass is 32.1. The largest absolute Gasteiger partial charge is 0.497 e. The normalized spacial score (nSPS) is 11.1. The first-order valence-electron chi connectivity index (χ1n) is 8.91. The molecule has 29 heavy (non-hydrogen) atoms. The summed E-state index contributed by atoms with van der Waals surface area (Å²) in [6.07, 6.45) is 3.11. The summed E-state index contributed by atoms with van der Waals surface area (Å²) >= 11 is 1.44. The lowest BCUT2D eigenvalue weighted by molar-refractivity contribution is -0.113. The number of nitrogens with zero attached hydrogens (tertiary/aromatic N) is 2. The van der Waals surface area contributed by atoms with Crippen LogP contribution >= 0.6 is 11.3 Å². The Hall–Kier alpha value is -3.51. The number of rotatable bonds is 5. The number of fused-ring (bicyclic) bond motifs is 1. The van der Waals surface area contributed by atoms with Crippen LogP contribution in [0.3, 0.4) is 0 Å². The molecule has 0 bridgehead atoms. The number of hydrogen-bond donors (Lipinski definition) is 0. The molecule has 0 unspecified atom stereocenters. The van der Waals surface area contributed by atoms with Crippen molar-refractivity contribution in [2.45, 2.75) is 0 Å². The molecule has 0 saturated carbocycles. The molecule has 0 fully saturated rings. The van der Waals surface area contributed by atoms with E-state index in [1.54, 1.807) is 36.3 Å². The molecule has 1 heterocycles. The minimum absolute atomic E-state index is 0.262. The first kappa shape index (κ1) is 18.8. The third kappa shape index (κ3) is 4.17. The zero-order chi connectivity index (χ0) is 20.2. The van der Waals surface area contributed by atoms with Crippen LogP contribution in [0, 0.1) is 5.82 Å². The number of methoxy groups -OCH3 is 1. The highest BCUT2D eigenvalue weighted by Crippen LogP contribution is 2.35. The van der Waals surface area contributed by atoms with E-state index in [0.29, 0.717) is 16.6 Å². The van der Waals surface area contributed by atoms with E-state index < -0.39 is 0 Å². The molecule has 144 valence electrons. The van der Waals surface area contributed by atoms with Gasteiger partial charge in [-0.3, -0.25) is 9.69 Å². The van der Waals surface area contributed by atoms with Crippen LogP contribution in [-0.2, 0) is 4.79 Å². The molecule has 1 aromatic heterocycles. The molecule has 0 aliphatic heterocycles. The van der Waals surface area contributed by atoms with E-state index in [2.05, 4.69) is 4.98 Å². The SMILES string of the molecule is COc1cccc(N(C(=O)/C=C/c2ccc(F)cc2)c2nc3ccccc3s2)c1. The van der Waals surface area contributed by atoms with Crippen molar-refractivity contribution in [2.75, 3.05) is 12.0 Å². The summed E-state index contributed by atoms with van der Waals surface area (Å²) in [5, 5.41) is 0.563. The molecule has 3 aromatic carbocycles. The average Bonchev–Trinajstić information content (AvgIpc) is 3.17. The third-order valence-electron chi connectivity index (χ3n) is 4.29. The number of amides is 1. The van der Waals surface area contributed by atoms with E-state index in [9.17, 15) is 9.18 Å². The number of carbonyl (C=O) groups is 1. The Morgan fingerprint density at radius 3 is 2.62 bits per heavy atom. The van der Waals surface area contributed by atoms with Crippen LogP contribution in [-0.4, -0.2) is 18.0 Å².